The second-order valence-corrected chi connectivity index (χ2v) is 8.95. The largest absolute Gasteiger partial charge is 0.304 e. The molecule has 4 aromatic heterocycles. The molecule has 0 saturated heterocycles. The number of rotatable bonds is 7. The molecule has 0 saturated carbocycles. The fourth-order valence-corrected chi connectivity index (χ4v) is 4.47. The fourth-order valence-electron chi connectivity index (χ4n) is 3.46. The van der Waals surface area contributed by atoms with E-state index in [0.29, 0.717) is 33.4 Å². The minimum atomic E-state index is -0.124. The van der Waals surface area contributed by atoms with Crippen molar-refractivity contribution in [1.82, 2.24) is 29.1 Å². The molecule has 0 bridgehead atoms. The van der Waals surface area contributed by atoms with Crippen LogP contribution in [0.15, 0.2) is 84.4 Å². The summed E-state index contributed by atoms with van der Waals surface area (Å²) in [5, 5.41) is 8.50. The molecule has 0 atom stereocenters. The van der Waals surface area contributed by atoms with Gasteiger partial charge in [0.05, 0.1) is 44.5 Å². The molecule has 0 aliphatic rings. The molecule has 0 aliphatic carbocycles. The van der Waals surface area contributed by atoms with E-state index in [1.165, 1.54) is 17.4 Å². The fraction of sp³-hybridized carbons (Fsp3) is 0.0870. The van der Waals surface area contributed by atoms with Gasteiger partial charge in [0.2, 0.25) is 0 Å². The number of aromatic nitrogens is 6. The van der Waals surface area contributed by atoms with Crippen LogP contribution in [-0.4, -0.2) is 34.9 Å². The zero-order valence-electron chi connectivity index (χ0n) is 17.2. The van der Waals surface area contributed by atoms with E-state index in [4.69, 9.17) is 11.6 Å². The topological polar surface area (TPSA) is 87.6 Å². The molecular weight excluding hydrogens is 460 g/mol. The minimum Gasteiger partial charge on any atom is -0.304 e. The van der Waals surface area contributed by atoms with Crippen molar-refractivity contribution in [3.63, 3.8) is 0 Å². The van der Waals surface area contributed by atoms with Crippen molar-refractivity contribution in [2.24, 2.45) is 0 Å². The zero-order chi connectivity index (χ0) is 22.8. The predicted octanol–water partition coefficient (Wildman–Crippen LogP) is 4.13. The van der Waals surface area contributed by atoms with Gasteiger partial charge in [-0.1, -0.05) is 22.9 Å². The number of pyridine rings is 1. The Morgan fingerprint density at radius 3 is 2.73 bits per heavy atom. The molecule has 0 fully saturated rings. The van der Waals surface area contributed by atoms with E-state index in [1.54, 1.807) is 58.4 Å². The third-order valence-corrected chi connectivity index (χ3v) is 6.36. The average Bonchev–Trinajstić information content (AvgIpc) is 3.59. The van der Waals surface area contributed by atoms with E-state index in [9.17, 15) is 9.59 Å². The maximum absolute atomic E-state index is 12.4. The Kier molecular flexibility index (Phi) is 5.72. The number of aryl methyl sites for hydroxylation is 1. The van der Waals surface area contributed by atoms with Gasteiger partial charge in [0.25, 0.3) is 5.56 Å². The standard InChI is InChI=1S/C23H17ClN6O2S/c24-22-9-8-21(33-22)20(31)7-4-16-14-30(27-26-16)18-6-5-17(29-11-2-1-3-23(29)32)13-19(18)28-12-10-25-15-28/h1-3,5-6,8-15H,4,7H2. The number of Topliss-reactive ketones (excluding diaryl/α,β-unsaturated/α-hetero) is 1. The summed E-state index contributed by atoms with van der Waals surface area (Å²) in [6.45, 7) is 0. The van der Waals surface area contributed by atoms with E-state index in [0.717, 1.165) is 11.4 Å². The van der Waals surface area contributed by atoms with Crippen LogP contribution in [-0.2, 0) is 6.42 Å². The summed E-state index contributed by atoms with van der Waals surface area (Å²) in [6, 6.07) is 14.1. The highest BCUT2D eigenvalue weighted by molar-refractivity contribution is 7.18. The van der Waals surface area contributed by atoms with Crippen LogP contribution in [0.1, 0.15) is 21.8 Å². The molecule has 10 heteroatoms. The summed E-state index contributed by atoms with van der Waals surface area (Å²) in [4.78, 5) is 29.4. The first-order valence-corrected chi connectivity index (χ1v) is 11.3. The van der Waals surface area contributed by atoms with Gasteiger partial charge in [-0.3, -0.25) is 14.2 Å². The third kappa shape index (κ3) is 4.41. The molecule has 33 heavy (non-hydrogen) atoms. The van der Waals surface area contributed by atoms with Crippen molar-refractivity contribution in [2.45, 2.75) is 12.8 Å². The highest BCUT2D eigenvalue weighted by Gasteiger charge is 2.14. The molecule has 0 unspecified atom stereocenters. The SMILES string of the molecule is O=C(CCc1cn(-c2ccc(-n3ccccc3=O)cc2-n2ccnc2)nn1)c1ccc(Cl)s1. The van der Waals surface area contributed by atoms with E-state index < -0.39 is 0 Å². The summed E-state index contributed by atoms with van der Waals surface area (Å²) in [5.74, 6) is 0.0261. The summed E-state index contributed by atoms with van der Waals surface area (Å²) in [7, 11) is 0. The number of carbonyl (C=O) groups is 1. The number of hydrogen-bond donors (Lipinski definition) is 0. The molecule has 164 valence electrons. The van der Waals surface area contributed by atoms with E-state index >= 15 is 0 Å². The summed E-state index contributed by atoms with van der Waals surface area (Å²) >= 11 is 7.20. The Bertz CT molecular complexity index is 1480. The average molecular weight is 477 g/mol. The van der Waals surface area contributed by atoms with Crippen molar-refractivity contribution in [2.75, 3.05) is 0 Å². The van der Waals surface area contributed by atoms with Crippen LogP contribution in [0.25, 0.3) is 17.1 Å². The highest BCUT2D eigenvalue weighted by Crippen LogP contribution is 2.24. The van der Waals surface area contributed by atoms with E-state index in [-0.39, 0.29) is 11.3 Å². The second-order valence-electron chi connectivity index (χ2n) is 7.23. The van der Waals surface area contributed by atoms with Crippen LogP contribution in [0, 0.1) is 0 Å². The van der Waals surface area contributed by atoms with Crippen molar-refractivity contribution in [1.29, 1.82) is 0 Å². The Labute approximate surface area is 197 Å². The van der Waals surface area contributed by atoms with E-state index in [2.05, 4.69) is 15.3 Å². The maximum Gasteiger partial charge on any atom is 0.255 e. The van der Waals surface area contributed by atoms with Crippen LogP contribution in [0.5, 0.6) is 0 Å². The lowest BCUT2D eigenvalue weighted by molar-refractivity contribution is 0.0986. The maximum atomic E-state index is 12.4. The molecule has 4 heterocycles. The zero-order valence-corrected chi connectivity index (χ0v) is 18.8. The number of benzene rings is 1. The molecule has 0 N–H and O–H groups in total. The molecule has 0 amide bonds. The first-order chi connectivity index (χ1) is 16.1. The number of imidazole rings is 1. The lowest BCUT2D eigenvalue weighted by Gasteiger charge is -2.13. The van der Waals surface area contributed by atoms with Gasteiger partial charge in [-0.05, 0) is 36.4 Å². The predicted molar refractivity (Wildman–Crippen MR) is 126 cm³/mol. The number of carbonyl (C=O) groups excluding carboxylic acids is 1. The van der Waals surface area contributed by atoms with Gasteiger partial charge in [-0.2, -0.15) is 0 Å². The van der Waals surface area contributed by atoms with Crippen LogP contribution in [0.2, 0.25) is 4.34 Å². The molecule has 0 spiro atoms. The Hall–Kier alpha value is -3.82. The number of thiophene rings is 1. The lowest BCUT2D eigenvalue weighted by atomic mass is 10.1. The monoisotopic (exact) mass is 476 g/mol. The van der Waals surface area contributed by atoms with Crippen molar-refractivity contribution in [3.8, 4) is 17.1 Å². The van der Waals surface area contributed by atoms with E-state index in [1.807, 2.05) is 29.0 Å². The normalized spacial score (nSPS) is 11.1. The van der Waals surface area contributed by atoms with Crippen molar-refractivity contribution >= 4 is 28.7 Å². The number of hydrogen-bond acceptors (Lipinski definition) is 6. The Morgan fingerprint density at radius 1 is 1.06 bits per heavy atom. The minimum absolute atomic E-state index is 0.0261. The third-order valence-electron chi connectivity index (χ3n) is 5.09. The summed E-state index contributed by atoms with van der Waals surface area (Å²) in [6.07, 6.45) is 9.49. The van der Waals surface area contributed by atoms with Gasteiger partial charge in [-0.25, -0.2) is 9.67 Å². The van der Waals surface area contributed by atoms with Crippen LogP contribution in [0.3, 0.4) is 0 Å². The Morgan fingerprint density at radius 2 is 1.97 bits per heavy atom. The van der Waals surface area contributed by atoms with Gasteiger partial charge in [-0.15, -0.1) is 16.4 Å². The lowest BCUT2D eigenvalue weighted by Crippen LogP contribution is -2.16. The van der Waals surface area contributed by atoms with Crippen molar-refractivity contribution < 1.29 is 4.79 Å². The molecule has 0 radical (unpaired) electrons. The summed E-state index contributed by atoms with van der Waals surface area (Å²) < 4.78 is 5.67. The molecule has 5 rings (SSSR count). The van der Waals surface area contributed by atoms with Gasteiger partial charge < -0.3 is 4.57 Å². The smallest absolute Gasteiger partial charge is 0.255 e. The van der Waals surface area contributed by atoms with Gasteiger partial charge in [0, 0.05) is 37.5 Å². The highest BCUT2D eigenvalue weighted by atomic mass is 35.5. The first kappa shape index (κ1) is 21.0. The first-order valence-electron chi connectivity index (χ1n) is 10.1. The van der Waals surface area contributed by atoms with Crippen LogP contribution in [0.4, 0.5) is 0 Å². The number of ketones is 1. The number of halogens is 1. The summed E-state index contributed by atoms with van der Waals surface area (Å²) in [5.41, 5.74) is 2.83. The molecular formula is C23H17ClN6O2S. The second kappa shape index (κ2) is 8.97. The quantitative estimate of drug-likeness (QED) is 0.329. The van der Waals surface area contributed by atoms with Gasteiger partial charge in [0.1, 0.15) is 0 Å². The van der Waals surface area contributed by atoms with Gasteiger partial charge in [0.15, 0.2) is 5.78 Å². The van der Waals surface area contributed by atoms with Crippen LogP contribution < -0.4 is 5.56 Å². The number of nitrogens with zero attached hydrogens (tertiary/aromatic N) is 6. The van der Waals surface area contributed by atoms with Gasteiger partial charge >= 0.3 is 0 Å². The molecule has 8 nitrogen and oxygen atoms in total. The van der Waals surface area contributed by atoms with Crippen LogP contribution >= 0.6 is 22.9 Å². The molecule has 0 aliphatic heterocycles. The Balaban J connectivity index is 1.44. The molecule has 5 aromatic rings. The molecule has 1 aromatic carbocycles. The van der Waals surface area contributed by atoms with Crippen molar-refractivity contribution in [3.05, 3.63) is 105 Å².